The molecule has 1 heterocycles. The maximum Gasteiger partial charge on any atom is 0.124 e. The van der Waals surface area contributed by atoms with Crippen molar-refractivity contribution in [3.8, 4) is 5.75 Å². The Bertz CT molecular complexity index is 488. The fourth-order valence-corrected chi connectivity index (χ4v) is 3.50. The van der Waals surface area contributed by atoms with Crippen LogP contribution in [0.2, 0.25) is 0 Å². The largest absolute Gasteiger partial charge is 0.496 e. The van der Waals surface area contributed by atoms with Crippen LogP contribution in [0, 0.1) is 26.7 Å². The summed E-state index contributed by atoms with van der Waals surface area (Å²) in [7, 11) is 1.71. The third-order valence-corrected chi connectivity index (χ3v) is 4.91. The van der Waals surface area contributed by atoms with Crippen LogP contribution in [-0.2, 0) is 5.60 Å². The van der Waals surface area contributed by atoms with E-state index in [1.807, 2.05) is 13.8 Å². The lowest BCUT2D eigenvalue weighted by atomic mass is 9.75. The van der Waals surface area contributed by atoms with Crippen molar-refractivity contribution < 1.29 is 9.84 Å². The monoisotopic (exact) mass is 277 g/mol. The van der Waals surface area contributed by atoms with Crippen molar-refractivity contribution in [2.45, 2.75) is 46.1 Å². The van der Waals surface area contributed by atoms with E-state index in [0.29, 0.717) is 5.92 Å². The summed E-state index contributed by atoms with van der Waals surface area (Å²) in [6, 6.07) is 2.10. The molecular formula is C17H27NO2. The average molecular weight is 277 g/mol. The smallest absolute Gasteiger partial charge is 0.124 e. The van der Waals surface area contributed by atoms with Gasteiger partial charge in [0.2, 0.25) is 0 Å². The van der Waals surface area contributed by atoms with Crippen LogP contribution in [0.5, 0.6) is 5.75 Å². The number of benzene rings is 1. The standard InChI is InChI=1S/C17H27NO2/c1-11-10-15(12(2)13(3)16(11)20-5)17(4,19)14-6-8-18-9-7-14/h10,14,18-19H,6-9H2,1-5H3. The van der Waals surface area contributed by atoms with Crippen molar-refractivity contribution in [3.05, 3.63) is 28.3 Å². The van der Waals surface area contributed by atoms with Crippen LogP contribution in [0.4, 0.5) is 0 Å². The number of aliphatic hydroxyl groups is 1. The summed E-state index contributed by atoms with van der Waals surface area (Å²) in [6.07, 6.45) is 2.05. The van der Waals surface area contributed by atoms with Crippen LogP contribution in [0.1, 0.15) is 42.0 Å². The third-order valence-electron chi connectivity index (χ3n) is 4.91. The van der Waals surface area contributed by atoms with Crippen molar-refractivity contribution in [1.29, 1.82) is 0 Å². The van der Waals surface area contributed by atoms with E-state index in [1.165, 1.54) is 0 Å². The Labute approximate surface area is 122 Å². The zero-order valence-corrected chi connectivity index (χ0v) is 13.3. The molecule has 1 atom stereocenters. The molecule has 112 valence electrons. The van der Waals surface area contributed by atoms with Gasteiger partial charge in [0.05, 0.1) is 12.7 Å². The highest BCUT2D eigenvalue weighted by molar-refractivity contribution is 5.50. The van der Waals surface area contributed by atoms with Gasteiger partial charge in [-0.1, -0.05) is 0 Å². The summed E-state index contributed by atoms with van der Waals surface area (Å²) in [4.78, 5) is 0. The lowest BCUT2D eigenvalue weighted by Crippen LogP contribution is -2.40. The molecule has 0 saturated carbocycles. The molecule has 2 rings (SSSR count). The molecule has 3 heteroatoms. The zero-order chi connectivity index (χ0) is 14.9. The number of ether oxygens (including phenoxy) is 1. The van der Waals surface area contributed by atoms with Gasteiger partial charge in [0, 0.05) is 0 Å². The van der Waals surface area contributed by atoms with Crippen molar-refractivity contribution in [3.63, 3.8) is 0 Å². The van der Waals surface area contributed by atoms with E-state index in [-0.39, 0.29) is 0 Å². The lowest BCUT2D eigenvalue weighted by molar-refractivity contribution is -0.0192. The van der Waals surface area contributed by atoms with Crippen LogP contribution < -0.4 is 10.1 Å². The second-order valence-corrected chi connectivity index (χ2v) is 6.20. The number of aryl methyl sites for hydroxylation is 1. The van der Waals surface area contributed by atoms with E-state index in [0.717, 1.165) is 53.9 Å². The summed E-state index contributed by atoms with van der Waals surface area (Å²) in [5.74, 6) is 1.25. The average Bonchev–Trinajstić information content (AvgIpc) is 2.44. The molecule has 0 aromatic heterocycles. The number of piperidine rings is 1. The molecule has 0 bridgehead atoms. The molecule has 20 heavy (non-hydrogen) atoms. The number of hydrogen-bond acceptors (Lipinski definition) is 3. The predicted octanol–water partition coefficient (Wildman–Crippen LogP) is 2.83. The van der Waals surface area contributed by atoms with E-state index in [4.69, 9.17) is 4.74 Å². The lowest BCUT2D eigenvalue weighted by Gasteiger charge is -2.38. The maximum atomic E-state index is 11.1. The summed E-state index contributed by atoms with van der Waals surface area (Å²) in [5.41, 5.74) is 3.67. The molecule has 1 aliphatic heterocycles. The Morgan fingerprint density at radius 2 is 1.80 bits per heavy atom. The van der Waals surface area contributed by atoms with Crippen molar-refractivity contribution >= 4 is 0 Å². The number of rotatable bonds is 3. The molecule has 0 radical (unpaired) electrons. The molecule has 1 unspecified atom stereocenters. The fraction of sp³-hybridized carbons (Fsp3) is 0.647. The maximum absolute atomic E-state index is 11.1. The third kappa shape index (κ3) is 2.57. The highest BCUT2D eigenvalue weighted by Gasteiger charge is 2.36. The van der Waals surface area contributed by atoms with Gasteiger partial charge in [0.25, 0.3) is 0 Å². The minimum Gasteiger partial charge on any atom is -0.496 e. The van der Waals surface area contributed by atoms with E-state index >= 15 is 0 Å². The zero-order valence-electron chi connectivity index (χ0n) is 13.3. The Morgan fingerprint density at radius 1 is 1.20 bits per heavy atom. The number of methoxy groups -OCH3 is 1. The summed E-state index contributed by atoms with van der Waals surface area (Å²) in [6.45, 7) is 10.2. The Kier molecular flexibility index (Phi) is 4.40. The molecule has 1 aromatic carbocycles. The highest BCUT2D eigenvalue weighted by atomic mass is 16.5. The van der Waals surface area contributed by atoms with E-state index in [1.54, 1.807) is 7.11 Å². The fourth-order valence-electron chi connectivity index (χ4n) is 3.50. The van der Waals surface area contributed by atoms with Gasteiger partial charge in [-0.25, -0.2) is 0 Å². The minimum absolute atomic E-state index is 0.314. The van der Waals surface area contributed by atoms with Crippen molar-refractivity contribution in [2.75, 3.05) is 20.2 Å². The van der Waals surface area contributed by atoms with Crippen LogP contribution >= 0.6 is 0 Å². The van der Waals surface area contributed by atoms with Gasteiger partial charge in [-0.3, -0.25) is 0 Å². The van der Waals surface area contributed by atoms with Gasteiger partial charge >= 0.3 is 0 Å². The quantitative estimate of drug-likeness (QED) is 0.892. The van der Waals surface area contributed by atoms with Crippen LogP contribution in [0.25, 0.3) is 0 Å². The molecule has 1 aliphatic rings. The normalized spacial score (nSPS) is 19.7. The Hall–Kier alpha value is -1.06. The molecule has 1 saturated heterocycles. The summed E-state index contributed by atoms with van der Waals surface area (Å²) < 4.78 is 5.48. The SMILES string of the molecule is COc1c(C)cc(C(C)(O)C2CCNCC2)c(C)c1C. The number of nitrogens with one attached hydrogen (secondary N) is 1. The topological polar surface area (TPSA) is 41.5 Å². The molecule has 0 spiro atoms. The Balaban J connectivity index is 2.45. The van der Waals surface area contributed by atoms with Gasteiger partial charge in [0.15, 0.2) is 0 Å². The first-order chi connectivity index (χ1) is 9.39. The molecule has 0 amide bonds. The van der Waals surface area contributed by atoms with Gasteiger partial charge < -0.3 is 15.2 Å². The van der Waals surface area contributed by atoms with Gasteiger partial charge in [0.1, 0.15) is 5.75 Å². The minimum atomic E-state index is -0.770. The highest BCUT2D eigenvalue weighted by Crippen LogP contribution is 2.40. The first-order valence-electron chi connectivity index (χ1n) is 7.48. The molecule has 3 nitrogen and oxygen atoms in total. The molecule has 0 aliphatic carbocycles. The molecular weight excluding hydrogens is 250 g/mol. The van der Waals surface area contributed by atoms with Crippen LogP contribution in [-0.4, -0.2) is 25.3 Å². The number of hydrogen-bond donors (Lipinski definition) is 2. The second-order valence-electron chi connectivity index (χ2n) is 6.20. The molecule has 2 N–H and O–H groups in total. The van der Waals surface area contributed by atoms with E-state index < -0.39 is 5.60 Å². The summed E-state index contributed by atoms with van der Waals surface area (Å²) in [5, 5.41) is 14.5. The van der Waals surface area contributed by atoms with Gasteiger partial charge in [-0.05, 0) is 87.9 Å². The van der Waals surface area contributed by atoms with Gasteiger partial charge in [-0.2, -0.15) is 0 Å². The Morgan fingerprint density at radius 3 is 2.35 bits per heavy atom. The van der Waals surface area contributed by atoms with Crippen LogP contribution in [0.15, 0.2) is 6.07 Å². The second kappa shape index (κ2) is 5.74. The van der Waals surface area contributed by atoms with Crippen molar-refractivity contribution in [2.24, 2.45) is 5.92 Å². The van der Waals surface area contributed by atoms with Crippen LogP contribution in [0.3, 0.4) is 0 Å². The first-order valence-corrected chi connectivity index (χ1v) is 7.48. The first kappa shape index (κ1) is 15.3. The van der Waals surface area contributed by atoms with Gasteiger partial charge in [-0.15, -0.1) is 0 Å². The predicted molar refractivity (Wildman–Crippen MR) is 82.4 cm³/mol. The summed E-state index contributed by atoms with van der Waals surface area (Å²) >= 11 is 0. The molecule has 1 fully saturated rings. The van der Waals surface area contributed by atoms with E-state index in [2.05, 4.69) is 25.2 Å². The van der Waals surface area contributed by atoms with Crippen molar-refractivity contribution in [1.82, 2.24) is 5.32 Å². The van der Waals surface area contributed by atoms with E-state index in [9.17, 15) is 5.11 Å². The molecule has 1 aromatic rings.